The van der Waals surface area contributed by atoms with Crippen molar-refractivity contribution in [2.45, 2.75) is 39.7 Å². The van der Waals surface area contributed by atoms with Gasteiger partial charge in [-0.15, -0.1) is 5.10 Å². The molecule has 1 amide bonds. The third-order valence-electron chi connectivity index (χ3n) is 5.25. The van der Waals surface area contributed by atoms with E-state index in [1.807, 2.05) is 26.0 Å². The number of carbonyl (C=O) groups excluding carboxylic acids is 1. The third-order valence-corrected chi connectivity index (χ3v) is 5.25. The van der Waals surface area contributed by atoms with Crippen LogP contribution >= 0.6 is 0 Å². The average molecular weight is 391 g/mol. The number of aryl methyl sites for hydroxylation is 3. The topological polar surface area (TPSA) is 103 Å². The number of benzene rings is 1. The molecule has 8 heteroatoms. The van der Waals surface area contributed by atoms with Crippen LogP contribution in [0.25, 0.3) is 16.7 Å². The van der Waals surface area contributed by atoms with Crippen LogP contribution in [-0.2, 0) is 17.8 Å². The number of fused-ring (bicyclic) bond motifs is 2. The summed E-state index contributed by atoms with van der Waals surface area (Å²) < 4.78 is 3.86. The molecule has 0 radical (unpaired) electrons. The lowest BCUT2D eigenvalue weighted by Gasteiger charge is -2.11. The molecule has 3 heterocycles. The minimum atomic E-state index is 0.0411. The third kappa shape index (κ3) is 3.91. The number of nitrogens with two attached hydrogens (primary N) is 1. The summed E-state index contributed by atoms with van der Waals surface area (Å²) in [5.41, 5.74) is 9.68. The Bertz CT molecular complexity index is 1170. The summed E-state index contributed by atoms with van der Waals surface area (Å²) in [6, 6.07) is 10.4. The maximum absolute atomic E-state index is 12.3. The van der Waals surface area contributed by atoms with Gasteiger partial charge < -0.3 is 15.6 Å². The Balaban J connectivity index is 1.29. The summed E-state index contributed by atoms with van der Waals surface area (Å²) in [6.45, 7) is 5.40. The van der Waals surface area contributed by atoms with Gasteiger partial charge in [-0.1, -0.05) is 18.2 Å². The van der Waals surface area contributed by atoms with Gasteiger partial charge in [-0.25, -0.2) is 4.98 Å². The standard InChI is InChI=1S/C21H25N7O/c1-14-17(15(2)28-21(24-14)25-20(22)26-28)8-9-19(29)23-11-5-12-27-13-10-16-6-3-4-7-18(16)27/h3-4,6-7,10,13H,5,8-9,11-12H2,1-2H3,(H2,22,26)(H,23,29). The zero-order chi connectivity index (χ0) is 20.4. The van der Waals surface area contributed by atoms with Crippen LogP contribution in [0.15, 0.2) is 36.5 Å². The molecule has 8 nitrogen and oxygen atoms in total. The molecule has 0 aliphatic heterocycles. The van der Waals surface area contributed by atoms with E-state index in [1.54, 1.807) is 4.52 Å². The van der Waals surface area contributed by atoms with E-state index >= 15 is 0 Å². The number of anilines is 1. The van der Waals surface area contributed by atoms with E-state index in [1.165, 1.54) is 10.9 Å². The molecule has 1 aromatic carbocycles. The molecule has 0 saturated heterocycles. The minimum absolute atomic E-state index is 0.0411. The van der Waals surface area contributed by atoms with Gasteiger partial charge in [0.2, 0.25) is 11.9 Å². The van der Waals surface area contributed by atoms with Crippen LogP contribution in [0.2, 0.25) is 0 Å². The second-order valence-corrected chi connectivity index (χ2v) is 7.21. The summed E-state index contributed by atoms with van der Waals surface area (Å²) in [7, 11) is 0. The van der Waals surface area contributed by atoms with Crippen LogP contribution in [0.3, 0.4) is 0 Å². The van der Waals surface area contributed by atoms with Crippen molar-refractivity contribution in [2.75, 3.05) is 12.3 Å². The number of aromatic nitrogens is 5. The maximum atomic E-state index is 12.3. The molecule has 0 aliphatic rings. The largest absolute Gasteiger partial charge is 0.366 e. The number of rotatable bonds is 7. The van der Waals surface area contributed by atoms with Gasteiger partial charge in [0, 0.05) is 42.6 Å². The van der Waals surface area contributed by atoms with Crippen LogP contribution in [-0.4, -0.2) is 36.6 Å². The highest BCUT2D eigenvalue weighted by atomic mass is 16.1. The van der Waals surface area contributed by atoms with E-state index in [0.29, 0.717) is 25.2 Å². The van der Waals surface area contributed by atoms with E-state index in [0.717, 1.165) is 29.9 Å². The second kappa shape index (κ2) is 7.90. The lowest BCUT2D eigenvalue weighted by molar-refractivity contribution is -0.121. The number of para-hydroxylation sites is 1. The summed E-state index contributed by atoms with van der Waals surface area (Å²) in [4.78, 5) is 20.8. The van der Waals surface area contributed by atoms with Crippen molar-refractivity contribution in [1.82, 2.24) is 29.5 Å². The van der Waals surface area contributed by atoms with Crippen LogP contribution in [0.5, 0.6) is 0 Å². The van der Waals surface area contributed by atoms with Crippen LogP contribution in [0.1, 0.15) is 29.8 Å². The number of nitrogen functional groups attached to an aromatic ring is 1. The Morgan fingerprint density at radius 3 is 2.86 bits per heavy atom. The zero-order valence-electron chi connectivity index (χ0n) is 16.7. The number of nitrogens with zero attached hydrogens (tertiary/aromatic N) is 5. The Labute approximate surface area is 168 Å². The van der Waals surface area contributed by atoms with Crippen molar-refractivity contribution in [3.05, 3.63) is 53.5 Å². The molecule has 29 heavy (non-hydrogen) atoms. The molecule has 0 aliphatic carbocycles. The lowest BCUT2D eigenvalue weighted by Crippen LogP contribution is -2.25. The lowest BCUT2D eigenvalue weighted by atomic mass is 10.1. The van der Waals surface area contributed by atoms with Crippen molar-refractivity contribution in [3.8, 4) is 0 Å². The average Bonchev–Trinajstić information content (AvgIpc) is 3.28. The molecule has 3 N–H and O–H groups in total. The predicted molar refractivity (Wildman–Crippen MR) is 113 cm³/mol. The molecular formula is C21H25N7O. The molecular weight excluding hydrogens is 366 g/mol. The molecule has 0 unspecified atom stereocenters. The van der Waals surface area contributed by atoms with Gasteiger partial charge >= 0.3 is 0 Å². The van der Waals surface area contributed by atoms with E-state index < -0.39 is 0 Å². The summed E-state index contributed by atoms with van der Waals surface area (Å²) >= 11 is 0. The van der Waals surface area contributed by atoms with E-state index in [4.69, 9.17) is 5.73 Å². The monoisotopic (exact) mass is 391 g/mol. The molecule has 4 rings (SSSR count). The Morgan fingerprint density at radius 1 is 1.17 bits per heavy atom. The molecule has 0 fully saturated rings. The maximum Gasteiger partial charge on any atom is 0.254 e. The quantitative estimate of drug-likeness (QED) is 0.471. The fourth-order valence-corrected chi connectivity index (χ4v) is 3.73. The Kier molecular flexibility index (Phi) is 5.16. The number of hydrogen-bond donors (Lipinski definition) is 2. The summed E-state index contributed by atoms with van der Waals surface area (Å²) in [6.07, 6.45) is 3.99. The van der Waals surface area contributed by atoms with Gasteiger partial charge in [0.1, 0.15) is 0 Å². The van der Waals surface area contributed by atoms with Crippen molar-refractivity contribution < 1.29 is 4.79 Å². The number of hydrogen-bond acceptors (Lipinski definition) is 5. The van der Waals surface area contributed by atoms with Crippen molar-refractivity contribution in [3.63, 3.8) is 0 Å². The molecule has 0 spiro atoms. The van der Waals surface area contributed by atoms with Gasteiger partial charge in [0.15, 0.2) is 0 Å². The number of nitrogens with one attached hydrogen (secondary N) is 1. The highest BCUT2D eigenvalue weighted by molar-refractivity contribution is 5.80. The molecule has 4 aromatic rings. The van der Waals surface area contributed by atoms with Gasteiger partial charge in [0.25, 0.3) is 5.78 Å². The normalized spacial score (nSPS) is 11.4. The highest BCUT2D eigenvalue weighted by Crippen LogP contribution is 2.16. The SMILES string of the molecule is Cc1nc2nc(N)nn2c(C)c1CCC(=O)NCCCn1ccc2ccccc21. The van der Waals surface area contributed by atoms with Crippen LogP contribution in [0, 0.1) is 13.8 Å². The number of carbonyl (C=O) groups is 1. The van der Waals surface area contributed by atoms with Crippen LogP contribution in [0.4, 0.5) is 5.95 Å². The van der Waals surface area contributed by atoms with Gasteiger partial charge in [-0.2, -0.15) is 9.50 Å². The Morgan fingerprint density at radius 2 is 2.00 bits per heavy atom. The summed E-state index contributed by atoms with van der Waals surface area (Å²) in [5.74, 6) is 0.730. The molecule has 0 atom stereocenters. The van der Waals surface area contributed by atoms with E-state index in [-0.39, 0.29) is 11.9 Å². The number of amides is 1. The second-order valence-electron chi connectivity index (χ2n) is 7.21. The first kappa shape index (κ1) is 18.9. The van der Waals surface area contributed by atoms with Gasteiger partial charge in [-0.3, -0.25) is 4.79 Å². The first-order chi connectivity index (χ1) is 14.0. The highest BCUT2D eigenvalue weighted by Gasteiger charge is 2.13. The molecule has 150 valence electrons. The van der Waals surface area contributed by atoms with Gasteiger partial charge in [0.05, 0.1) is 0 Å². The van der Waals surface area contributed by atoms with Gasteiger partial charge in [-0.05, 0) is 49.8 Å². The van der Waals surface area contributed by atoms with Crippen molar-refractivity contribution >= 4 is 28.5 Å². The fourth-order valence-electron chi connectivity index (χ4n) is 3.73. The summed E-state index contributed by atoms with van der Waals surface area (Å²) in [5, 5.41) is 8.42. The first-order valence-corrected chi connectivity index (χ1v) is 9.82. The first-order valence-electron chi connectivity index (χ1n) is 9.82. The van der Waals surface area contributed by atoms with Crippen molar-refractivity contribution in [1.29, 1.82) is 0 Å². The molecule has 0 bridgehead atoms. The smallest absolute Gasteiger partial charge is 0.254 e. The molecule has 3 aromatic heterocycles. The molecule has 0 saturated carbocycles. The van der Waals surface area contributed by atoms with Crippen molar-refractivity contribution in [2.24, 2.45) is 0 Å². The van der Waals surface area contributed by atoms with Crippen LogP contribution < -0.4 is 11.1 Å². The minimum Gasteiger partial charge on any atom is -0.366 e. The fraction of sp³-hybridized carbons (Fsp3) is 0.333. The van der Waals surface area contributed by atoms with E-state index in [2.05, 4.69) is 49.3 Å². The Hall–Kier alpha value is -3.42. The predicted octanol–water partition coefficient (Wildman–Crippen LogP) is 2.42. The zero-order valence-corrected chi connectivity index (χ0v) is 16.7. The van der Waals surface area contributed by atoms with E-state index in [9.17, 15) is 4.79 Å².